The Morgan fingerprint density at radius 1 is 1.19 bits per heavy atom. The zero-order valence-electron chi connectivity index (χ0n) is 15.8. The highest BCUT2D eigenvalue weighted by molar-refractivity contribution is 5.95. The fraction of sp³-hybridized carbons (Fsp3) is 0.450. The van der Waals surface area contributed by atoms with E-state index in [4.69, 9.17) is 9.47 Å². The van der Waals surface area contributed by atoms with Crippen molar-refractivity contribution in [1.82, 2.24) is 4.90 Å². The standard InChI is InChI=1S/C20H25NO6/c1-20(2,3)27-18(24)16(17(22)23)15-11-7-8-12-21(15)19(25)26-13-14-9-5-4-6-10-14/h4-10,15-16H,11-13H2,1-3H3,(H,22,23)/t15-,16+/m0/s1. The third-order valence-corrected chi connectivity index (χ3v) is 4.00. The summed E-state index contributed by atoms with van der Waals surface area (Å²) in [5.41, 5.74) is -0.00890. The predicted octanol–water partition coefficient (Wildman–Crippen LogP) is 3.00. The van der Waals surface area contributed by atoms with Gasteiger partial charge in [-0.25, -0.2) is 4.79 Å². The molecular formula is C20H25NO6. The van der Waals surface area contributed by atoms with Gasteiger partial charge >= 0.3 is 18.0 Å². The van der Waals surface area contributed by atoms with E-state index in [1.54, 1.807) is 32.9 Å². The molecule has 2 atom stereocenters. The van der Waals surface area contributed by atoms with E-state index in [1.165, 1.54) is 4.90 Å². The van der Waals surface area contributed by atoms with E-state index in [0.29, 0.717) is 0 Å². The van der Waals surface area contributed by atoms with Crippen molar-refractivity contribution in [2.24, 2.45) is 5.92 Å². The summed E-state index contributed by atoms with van der Waals surface area (Å²) in [6, 6.07) is 8.29. The van der Waals surface area contributed by atoms with Crippen molar-refractivity contribution < 1.29 is 29.0 Å². The lowest BCUT2D eigenvalue weighted by Gasteiger charge is -2.35. The van der Waals surface area contributed by atoms with Crippen molar-refractivity contribution >= 4 is 18.0 Å². The van der Waals surface area contributed by atoms with E-state index in [1.807, 2.05) is 30.3 Å². The molecule has 2 rings (SSSR count). The van der Waals surface area contributed by atoms with Gasteiger partial charge in [-0.15, -0.1) is 0 Å². The van der Waals surface area contributed by atoms with Gasteiger partial charge in [0.15, 0.2) is 5.92 Å². The minimum absolute atomic E-state index is 0.0663. The maximum Gasteiger partial charge on any atom is 0.410 e. The third-order valence-electron chi connectivity index (χ3n) is 4.00. The van der Waals surface area contributed by atoms with Crippen LogP contribution < -0.4 is 0 Å². The number of hydrogen-bond donors (Lipinski definition) is 1. The van der Waals surface area contributed by atoms with Crippen molar-refractivity contribution in [3.8, 4) is 0 Å². The number of aliphatic carboxylic acids is 1. The van der Waals surface area contributed by atoms with Gasteiger partial charge in [0.1, 0.15) is 12.2 Å². The van der Waals surface area contributed by atoms with Gasteiger partial charge in [0, 0.05) is 6.54 Å². The van der Waals surface area contributed by atoms with Crippen molar-refractivity contribution in [2.45, 2.75) is 45.4 Å². The number of carboxylic acids is 1. The zero-order valence-corrected chi connectivity index (χ0v) is 15.8. The summed E-state index contributed by atoms with van der Waals surface area (Å²) >= 11 is 0. The fourth-order valence-corrected chi connectivity index (χ4v) is 2.80. The first-order chi connectivity index (χ1) is 12.7. The van der Waals surface area contributed by atoms with Crippen LogP contribution in [0.3, 0.4) is 0 Å². The number of amides is 1. The molecular weight excluding hydrogens is 350 g/mol. The number of hydrogen-bond acceptors (Lipinski definition) is 5. The predicted molar refractivity (Wildman–Crippen MR) is 97.8 cm³/mol. The average Bonchev–Trinajstić information content (AvgIpc) is 2.59. The number of carboxylic acid groups (broad SMARTS) is 1. The molecule has 146 valence electrons. The SMILES string of the molecule is CC(C)(C)OC(=O)[C@@H](C(=O)O)[C@@H]1CC=CCN1C(=O)OCc1ccccc1. The van der Waals surface area contributed by atoms with Crippen molar-refractivity contribution in [3.05, 3.63) is 48.0 Å². The Bertz CT molecular complexity index is 707. The molecule has 0 unspecified atom stereocenters. The number of rotatable bonds is 5. The Balaban J connectivity index is 2.13. The summed E-state index contributed by atoms with van der Waals surface area (Å²) < 4.78 is 10.6. The minimum Gasteiger partial charge on any atom is -0.481 e. The molecule has 1 aliphatic heterocycles. The van der Waals surface area contributed by atoms with E-state index in [0.717, 1.165) is 5.56 Å². The maximum atomic E-state index is 12.5. The van der Waals surface area contributed by atoms with Gasteiger partial charge in [-0.05, 0) is 32.8 Å². The number of nitrogens with zero attached hydrogens (tertiary/aromatic N) is 1. The lowest BCUT2D eigenvalue weighted by atomic mass is 9.93. The first kappa shape index (κ1) is 20.5. The lowest BCUT2D eigenvalue weighted by Crippen LogP contribution is -2.52. The third kappa shape index (κ3) is 5.84. The van der Waals surface area contributed by atoms with Crippen molar-refractivity contribution in [1.29, 1.82) is 0 Å². The molecule has 1 aromatic carbocycles. The Morgan fingerprint density at radius 2 is 1.85 bits per heavy atom. The largest absolute Gasteiger partial charge is 0.481 e. The molecule has 27 heavy (non-hydrogen) atoms. The van der Waals surface area contributed by atoms with Crippen LogP contribution in [0, 0.1) is 5.92 Å². The van der Waals surface area contributed by atoms with Crippen LogP contribution in [0.15, 0.2) is 42.5 Å². The normalized spacial score (nSPS) is 17.9. The summed E-state index contributed by atoms with van der Waals surface area (Å²) in [7, 11) is 0. The smallest absolute Gasteiger partial charge is 0.410 e. The van der Waals surface area contributed by atoms with Gasteiger partial charge in [-0.2, -0.15) is 0 Å². The van der Waals surface area contributed by atoms with Gasteiger partial charge in [0.05, 0.1) is 6.04 Å². The van der Waals surface area contributed by atoms with Gasteiger partial charge in [-0.1, -0.05) is 42.5 Å². The number of benzene rings is 1. The van der Waals surface area contributed by atoms with Crippen LogP contribution in [0.5, 0.6) is 0 Å². The monoisotopic (exact) mass is 375 g/mol. The molecule has 1 aromatic rings. The van der Waals surface area contributed by atoms with Crippen LogP contribution in [0.4, 0.5) is 4.79 Å². The molecule has 0 spiro atoms. The fourth-order valence-electron chi connectivity index (χ4n) is 2.80. The van der Waals surface area contributed by atoms with Gasteiger partial charge < -0.3 is 14.6 Å². The Morgan fingerprint density at radius 3 is 2.44 bits per heavy atom. The summed E-state index contributed by atoms with van der Waals surface area (Å²) in [4.78, 5) is 38.0. The summed E-state index contributed by atoms with van der Waals surface area (Å²) in [6.07, 6.45) is 3.07. The van der Waals surface area contributed by atoms with E-state index < -0.39 is 35.6 Å². The van der Waals surface area contributed by atoms with Crippen LogP contribution >= 0.6 is 0 Å². The molecule has 0 saturated carbocycles. The topological polar surface area (TPSA) is 93.1 Å². The number of ether oxygens (including phenoxy) is 2. The number of esters is 1. The average molecular weight is 375 g/mol. The van der Waals surface area contributed by atoms with Gasteiger partial charge in [-0.3, -0.25) is 14.5 Å². The second-order valence-electron chi connectivity index (χ2n) is 7.32. The van der Waals surface area contributed by atoms with Gasteiger partial charge in [0.2, 0.25) is 0 Å². The van der Waals surface area contributed by atoms with E-state index >= 15 is 0 Å². The van der Waals surface area contributed by atoms with Crippen LogP contribution in [0.2, 0.25) is 0 Å². The molecule has 7 heteroatoms. The van der Waals surface area contributed by atoms with E-state index in [9.17, 15) is 19.5 Å². The first-order valence-electron chi connectivity index (χ1n) is 8.77. The second kappa shape index (κ2) is 8.70. The summed E-state index contributed by atoms with van der Waals surface area (Å²) in [5, 5.41) is 9.60. The summed E-state index contributed by atoms with van der Waals surface area (Å²) in [5.74, 6) is -3.68. The minimum atomic E-state index is -1.49. The van der Waals surface area contributed by atoms with Crippen LogP contribution in [-0.4, -0.2) is 46.2 Å². The van der Waals surface area contributed by atoms with Gasteiger partial charge in [0.25, 0.3) is 0 Å². The number of carbonyl (C=O) groups is 3. The molecule has 1 heterocycles. The second-order valence-corrected chi connectivity index (χ2v) is 7.32. The molecule has 1 aliphatic rings. The molecule has 1 N–H and O–H groups in total. The highest BCUT2D eigenvalue weighted by Crippen LogP contribution is 2.24. The lowest BCUT2D eigenvalue weighted by molar-refractivity contribution is -0.169. The van der Waals surface area contributed by atoms with Crippen LogP contribution in [-0.2, 0) is 25.7 Å². The molecule has 0 saturated heterocycles. The van der Waals surface area contributed by atoms with Crippen molar-refractivity contribution in [2.75, 3.05) is 6.54 Å². The van der Waals surface area contributed by atoms with Crippen LogP contribution in [0.25, 0.3) is 0 Å². The van der Waals surface area contributed by atoms with E-state index in [2.05, 4.69) is 0 Å². The molecule has 0 radical (unpaired) electrons. The first-order valence-corrected chi connectivity index (χ1v) is 8.77. The molecule has 7 nitrogen and oxygen atoms in total. The Labute approximate surface area is 158 Å². The molecule has 0 bridgehead atoms. The Kier molecular flexibility index (Phi) is 6.60. The molecule has 0 aliphatic carbocycles. The molecule has 0 fully saturated rings. The number of carbonyl (C=O) groups excluding carboxylic acids is 2. The zero-order chi connectivity index (χ0) is 20.0. The van der Waals surface area contributed by atoms with Crippen LogP contribution in [0.1, 0.15) is 32.8 Å². The molecule has 1 amide bonds. The van der Waals surface area contributed by atoms with E-state index in [-0.39, 0.29) is 19.6 Å². The summed E-state index contributed by atoms with van der Waals surface area (Å²) in [6.45, 7) is 5.23. The quantitative estimate of drug-likeness (QED) is 0.483. The Hall–Kier alpha value is -2.83. The van der Waals surface area contributed by atoms with Crippen molar-refractivity contribution in [3.63, 3.8) is 0 Å². The maximum absolute atomic E-state index is 12.5. The highest BCUT2D eigenvalue weighted by atomic mass is 16.6. The highest BCUT2D eigenvalue weighted by Gasteiger charge is 2.43. The molecule has 0 aromatic heterocycles.